The Bertz CT molecular complexity index is 1020. The van der Waals surface area contributed by atoms with E-state index in [0.29, 0.717) is 18.0 Å². The molecule has 2 heterocycles. The van der Waals surface area contributed by atoms with Gasteiger partial charge in [0.1, 0.15) is 30.3 Å². The van der Waals surface area contributed by atoms with E-state index in [0.717, 1.165) is 16.9 Å². The molecule has 0 fully saturated rings. The Balaban J connectivity index is 1.69. The topological polar surface area (TPSA) is 56.1 Å². The molecule has 1 aliphatic rings. The fraction of sp³-hybridized carbons (Fsp3) is 0.143. The molecule has 4 rings (SSSR count). The van der Waals surface area contributed by atoms with Crippen molar-refractivity contribution in [2.75, 3.05) is 11.9 Å². The fourth-order valence-electron chi connectivity index (χ4n) is 3.20. The Labute approximate surface area is 155 Å². The number of rotatable bonds is 4. The molecule has 6 heteroatoms. The molecule has 5 nitrogen and oxygen atoms in total. The van der Waals surface area contributed by atoms with Crippen molar-refractivity contribution in [1.82, 2.24) is 9.55 Å². The van der Waals surface area contributed by atoms with Crippen molar-refractivity contribution < 1.29 is 13.9 Å². The minimum Gasteiger partial charge on any atom is -0.481 e. The van der Waals surface area contributed by atoms with Gasteiger partial charge in [-0.25, -0.2) is 9.37 Å². The van der Waals surface area contributed by atoms with Crippen molar-refractivity contribution in [3.8, 4) is 23.8 Å². The summed E-state index contributed by atoms with van der Waals surface area (Å²) < 4.78 is 20.4. The van der Waals surface area contributed by atoms with Gasteiger partial charge in [0.25, 0.3) is 0 Å². The molecule has 1 amide bonds. The second kappa shape index (κ2) is 6.96. The largest absolute Gasteiger partial charge is 0.481 e. The predicted octanol–water partition coefficient (Wildman–Crippen LogP) is 3.50. The summed E-state index contributed by atoms with van der Waals surface area (Å²) >= 11 is 0. The molecule has 2 aromatic carbocycles. The first kappa shape index (κ1) is 16.9. The highest BCUT2D eigenvalue weighted by molar-refractivity contribution is 5.94. The second-order valence-electron chi connectivity index (χ2n) is 6.19. The third-order valence-corrected chi connectivity index (χ3v) is 4.48. The van der Waals surface area contributed by atoms with E-state index in [4.69, 9.17) is 11.2 Å². The quantitative estimate of drug-likeness (QED) is 0.724. The first-order chi connectivity index (χ1) is 13.2. The number of carbonyl (C=O) groups excluding carboxylic acids is 1. The normalized spacial score (nSPS) is 15.6. The maximum atomic E-state index is 13.2. The van der Waals surface area contributed by atoms with Crippen molar-refractivity contribution >= 4 is 11.7 Å². The van der Waals surface area contributed by atoms with E-state index in [1.54, 1.807) is 23.0 Å². The van der Waals surface area contributed by atoms with E-state index in [1.165, 1.54) is 12.1 Å². The minimum absolute atomic E-state index is 0.0935. The third-order valence-electron chi connectivity index (χ3n) is 4.48. The molecule has 1 atom stereocenters. The van der Waals surface area contributed by atoms with Gasteiger partial charge < -0.3 is 10.1 Å². The van der Waals surface area contributed by atoms with Crippen LogP contribution in [0.5, 0.6) is 5.75 Å². The lowest BCUT2D eigenvalue weighted by molar-refractivity contribution is -0.116. The molecule has 0 bridgehead atoms. The second-order valence-corrected chi connectivity index (χ2v) is 6.19. The first-order valence-electron chi connectivity index (χ1n) is 8.45. The fourth-order valence-corrected chi connectivity index (χ4v) is 3.20. The molecular formula is C21H16FN3O2. The van der Waals surface area contributed by atoms with E-state index in [1.807, 2.05) is 24.3 Å². The third kappa shape index (κ3) is 3.27. The van der Waals surface area contributed by atoms with Crippen molar-refractivity contribution in [2.45, 2.75) is 12.3 Å². The number of anilines is 1. The van der Waals surface area contributed by atoms with Crippen LogP contribution in [0.15, 0.2) is 54.9 Å². The highest BCUT2D eigenvalue weighted by Crippen LogP contribution is 2.37. The van der Waals surface area contributed by atoms with Crippen LogP contribution in [-0.2, 0) is 4.79 Å². The number of benzene rings is 2. The average molecular weight is 361 g/mol. The van der Waals surface area contributed by atoms with Gasteiger partial charge in [-0.3, -0.25) is 9.36 Å². The SMILES string of the molecule is C#CCOc1ccc([C@H]2CC(=O)Nc3c2ncn3-c2ccc(F)cc2)cc1. The Hall–Kier alpha value is -3.59. The number of fused-ring (bicyclic) bond motifs is 1. The number of amides is 1. The molecule has 0 spiro atoms. The number of nitrogens with one attached hydrogen (secondary N) is 1. The van der Waals surface area contributed by atoms with Gasteiger partial charge in [0, 0.05) is 18.0 Å². The van der Waals surface area contributed by atoms with Crippen molar-refractivity contribution in [3.05, 3.63) is 71.9 Å². The van der Waals surface area contributed by atoms with Crippen LogP contribution in [-0.4, -0.2) is 22.1 Å². The van der Waals surface area contributed by atoms with Gasteiger partial charge in [-0.15, -0.1) is 6.42 Å². The molecule has 134 valence electrons. The number of hydrogen-bond acceptors (Lipinski definition) is 3. The molecule has 0 aliphatic carbocycles. The number of imidazole rings is 1. The summed E-state index contributed by atoms with van der Waals surface area (Å²) in [5.74, 6) is 3.12. The van der Waals surface area contributed by atoms with Crippen LogP contribution in [0.4, 0.5) is 10.2 Å². The van der Waals surface area contributed by atoms with Gasteiger partial charge in [0.05, 0.1) is 5.69 Å². The number of hydrogen-bond donors (Lipinski definition) is 1. The predicted molar refractivity (Wildman–Crippen MR) is 99.4 cm³/mol. The van der Waals surface area contributed by atoms with E-state index >= 15 is 0 Å². The van der Waals surface area contributed by atoms with Gasteiger partial charge >= 0.3 is 0 Å². The standard InChI is InChI=1S/C21H16FN3O2/c1-2-11-27-17-9-3-14(4-10-17)18-12-19(26)24-21-20(18)23-13-25(21)16-7-5-15(22)6-8-16/h1,3-10,13,18H,11-12H2,(H,24,26)/t18-/m1/s1. The number of ether oxygens (including phenoxy) is 1. The Morgan fingerprint density at radius 2 is 1.96 bits per heavy atom. The highest BCUT2D eigenvalue weighted by atomic mass is 19.1. The molecule has 0 saturated carbocycles. The van der Waals surface area contributed by atoms with Crippen molar-refractivity contribution in [3.63, 3.8) is 0 Å². The Kier molecular flexibility index (Phi) is 4.35. The number of terminal acetylenes is 1. The van der Waals surface area contributed by atoms with E-state index in [2.05, 4.69) is 16.2 Å². The van der Waals surface area contributed by atoms with Crippen LogP contribution >= 0.6 is 0 Å². The summed E-state index contributed by atoms with van der Waals surface area (Å²) in [5, 5.41) is 2.88. The number of aromatic nitrogens is 2. The van der Waals surface area contributed by atoms with Gasteiger partial charge in [-0.05, 0) is 42.0 Å². The maximum absolute atomic E-state index is 13.2. The van der Waals surface area contributed by atoms with Crippen molar-refractivity contribution in [2.24, 2.45) is 0 Å². The number of carbonyl (C=O) groups is 1. The van der Waals surface area contributed by atoms with E-state index in [-0.39, 0.29) is 24.2 Å². The van der Waals surface area contributed by atoms with Crippen LogP contribution in [0, 0.1) is 18.2 Å². The first-order valence-corrected chi connectivity index (χ1v) is 8.45. The van der Waals surface area contributed by atoms with E-state index in [9.17, 15) is 9.18 Å². The molecule has 0 radical (unpaired) electrons. The summed E-state index contributed by atoms with van der Waals surface area (Å²) in [6.45, 7) is 0.206. The zero-order valence-corrected chi connectivity index (χ0v) is 14.4. The zero-order chi connectivity index (χ0) is 18.8. The molecule has 1 aromatic heterocycles. The summed E-state index contributed by atoms with van der Waals surface area (Å²) in [5.41, 5.74) is 2.46. The van der Waals surface area contributed by atoms with Gasteiger partial charge in [0.2, 0.25) is 5.91 Å². The molecule has 0 saturated heterocycles. The van der Waals surface area contributed by atoms with Crippen molar-refractivity contribution in [1.29, 1.82) is 0 Å². The van der Waals surface area contributed by atoms with Crippen LogP contribution in [0.1, 0.15) is 23.6 Å². The van der Waals surface area contributed by atoms with Crippen LogP contribution < -0.4 is 10.1 Å². The molecule has 1 aliphatic heterocycles. The average Bonchev–Trinajstić information content (AvgIpc) is 3.10. The van der Waals surface area contributed by atoms with Gasteiger partial charge in [-0.2, -0.15) is 0 Å². The van der Waals surface area contributed by atoms with Crippen LogP contribution in [0.3, 0.4) is 0 Å². The lowest BCUT2D eigenvalue weighted by Crippen LogP contribution is -2.24. The monoisotopic (exact) mass is 361 g/mol. The lowest BCUT2D eigenvalue weighted by atomic mass is 9.90. The summed E-state index contributed by atoms with van der Waals surface area (Å²) in [4.78, 5) is 16.8. The summed E-state index contributed by atoms with van der Waals surface area (Å²) in [6.07, 6.45) is 7.14. The molecule has 3 aromatic rings. The zero-order valence-electron chi connectivity index (χ0n) is 14.4. The molecule has 27 heavy (non-hydrogen) atoms. The molecule has 0 unspecified atom stereocenters. The highest BCUT2D eigenvalue weighted by Gasteiger charge is 2.31. The minimum atomic E-state index is -0.318. The van der Waals surface area contributed by atoms with Gasteiger partial charge in [-0.1, -0.05) is 18.1 Å². The van der Waals surface area contributed by atoms with Crippen LogP contribution in [0.25, 0.3) is 5.69 Å². The maximum Gasteiger partial charge on any atom is 0.226 e. The van der Waals surface area contributed by atoms with E-state index < -0.39 is 0 Å². The molecular weight excluding hydrogens is 345 g/mol. The number of halogens is 1. The lowest BCUT2D eigenvalue weighted by Gasteiger charge is -2.23. The summed E-state index contributed by atoms with van der Waals surface area (Å²) in [6, 6.07) is 13.5. The molecule has 1 N–H and O–H groups in total. The van der Waals surface area contributed by atoms with Gasteiger partial charge in [0.15, 0.2) is 0 Å². The summed E-state index contributed by atoms with van der Waals surface area (Å²) in [7, 11) is 0. The smallest absolute Gasteiger partial charge is 0.226 e. The number of nitrogens with zero attached hydrogens (tertiary/aromatic N) is 2. The Morgan fingerprint density at radius 3 is 2.67 bits per heavy atom. The van der Waals surface area contributed by atoms with Crippen LogP contribution in [0.2, 0.25) is 0 Å². The Morgan fingerprint density at radius 1 is 1.22 bits per heavy atom.